The lowest BCUT2D eigenvalue weighted by atomic mass is 9.90. The number of carbonyl (C=O) groups excluding carboxylic acids is 3. The first-order valence-electron chi connectivity index (χ1n) is 13.9. The molecule has 37 heavy (non-hydrogen) atoms. The van der Waals surface area contributed by atoms with E-state index in [0.717, 1.165) is 30.4 Å². The molecular weight excluding hydrogens is 466 g/mol. The van der Waals surface area contributed by atoms with E-state index in [1.54, 1.807) is 25.7 Å². The summed E-state index contributed by atoms with van der Waals surface area (Å²) in [5.41, 5.74) is 0.561. The number of carbonyl (C=O) groups is 3. The number of amides is 3. The highest BCUT2D eigenvalue weighted by atomic mass is 16.6. The lowest BCUT2D eigenvalue weighted by Crippen LogP contribution is -2.59. The van der Waals surface area contributed by atoms with Gasteiger partial charge in [-0.15, -0.1) is 0 Å². The van der Waals surface area contributed by atoms with E-state index in [0.29, 0.717) is 19.4 Å². The second-order valence-corrected chi connectivity index (χ2v) is 11.8. The minimum Gasteiger partial charge on any atom is -0.444 e. The zero-order valence-corrected chi connectivity index (χ0v) is 24.9. The van der Waals surface area contributed by atoms with Crippen molar-refractivity contribution in [1.82, 2.24) is 15.5 Å². The zero-order chi connectivity index (χ0) is 28.4. The molecule has 0 saturated carbocycles. The molecule has 1 aromatic rings. The molecule has 7 nitrogen and oxygen atoms in total. The molecule has 0 fully saturated rings. The Labute approximate surface area is 225 Å². The largest absolute Gasteiger partial charge is 0.444 e. The van der Waals surface area contributed by atoms with Gasteiger partial charge in [-0.3, -0.25) is 9.59 Å². The van der Waals surface area contributed by atoms with Crippen molar-refractivity contribution >= 4 is 17.9 Å². The maximum absolute atomic E-state index is 14.3. The molecule has 0 saturated heterocycles. The molecule has 2 unspecified atom stereocenters. The van der Waals surface area contributed by atoms with Crippen molar-refractivity contribution in [3.63, 3.8) is 0 Å². The van der Waals surface area contributed by atoms with Gasteiger partial charge in [0.05, 0.1) is 0 Å². The first-order chi connectivity index (χ1) is 17.2. The number of rotatable bonds is 13. The number of ether oxygens (including phenoxy) is 1. The number of unbranched alkanes of at least 4 members (excludes halogenated alkanes) is 1. The number of nitrogens with one attached hydrogen (secondary N) is 2. The lowest BCUT2D eigenvalue weighted by Gasteiger charge is -2.45. The molecule has 0 bridgehead atoms. The first-order valence-corrected chi connectivity index (χ1v) is 13.9. The number of nitrogens with zero attached hydrogens (tertiary/aromatic N) is 1. The van der Waals surface area contributed by atoms with Crippen molar-refractivity contribution in [2.45, 2.75) is 125 Å². The summed E-state index contributed by atoms with van der Waals surface area (Å²) in [4.78, 5) is 42.5. The molecule has 0 aliphatic heterocycles. The predicted octanol–water partition coefficient (Wildman–Crippen LogP) is 6.16. The summed E-state index contributed by atoms with van der Waals surface area (Å²) < 4.78 is 5.48. The fourth-order valence-electron chi connectivity index (χ4n) is 4.09. The first kappa shape index (κ1) is 32.5. The third-order valence-electron chi connectivity index (χ3n) is 6.49. The van der Waals surface area contributed by atoms with E-state index in [1.165, 1.54) is 0 Å². The SMILES string of the molecule is CCCCNC(=O)C(c1ccc(CC)cc1)N(C(=O)C(CC(C)C)NC(=O)OC(C)(C)C)C(C)(C)CC. The van der Waals surface area contributed by atoms with Crippen LogP contribution >= 0.6 is 0 Å². The van der Waals surface area contributed by atoms with Gasteiger partial charge in [-0.1, -0.05) is 65.3 Å². The van der Waals surface area contributed by atoms with Gasteiger partial charge in [-0.2, -0.15) is 0 Å². The van der Waals surface area contributed by atoms with Crippen LogP contribution in [0, 0.1) is 5.92 Å². The van der Waals surface area contributed by atoms with E-state index in [4.69, 9.17) is 4.74 Å². The smallest absolute Gasteiger partial charge is 0.408 e. The van der Waals surface area contributed by atoms with Crippen LogP contribution in [0.4, 0.5) is 4.79 Å². The van der Waals surface area contributed by atoms with E-state index in [1.807, 2.05) is 58.9 Å². The van der Waals surface area contributed by atoms with E-state index in [9.17, 15) is 14.4 Å². The Morgan fingerprint density at radius 3 is 2.03 bits per heavy atom. The molecule has 0 aliphatic carbocycles. The van der Waals surface area contributed by atoms with E-state index in [2.05, 4.69) is 24.5 Å². The maximum Gasteiger partial charge on any atom is 0.408 e. The molecule has 0 radical (unpaired) electrons. The number of aryl methyl sites for hydroxylation is 1. The van der Waals surface area contributed by atoms with Gasteiger partial charge in [0.15, 0.2) is 0 Å². The van der Waals surface area contributed by atoms with Crippen LogP contribution in [0.5, 0.6) is 0 Å². The summed E-state index contributed by atoms with van der Waals surface area (Å²) in [6.07, 6.45) is 3.10. The Hall–Kier alpha value is -2.57. The summed E-state index contributed by atoms with van der Waals surface area (Å²) >= 11 is 0. The monoisotopic (exact) mass is 517 g/mol. The number of hydrogen-bond donors (Lipinski definition) is 2. The molecule has 7 heteroatoms. The van der Waals surface area contributed by atoms with Crippen LogP contribution in [0.1, 0.15) is 112 Å². The van der Waals surface area contributed by atoms with Gasteiger partial charge >= 0.3 is 6.09 Å². The van der Waals surface area contributed by atoms with Crippen LogP contribution in [-0.4, -0.2) is 46.5 Å². The quantitative estimate of drug-likeness (QED) is 0.307. The van der Waals surface area contributed by atoms with Crippen molar-refractivity contribution in [2.24, 2.45) is 5.92 Å². The maximum atomic E-state index is 14.3. The molecular formula is C30H51N3O4. The summed E-state index contributed by atoms with van der Waals surface area (Å²) in [6.45, 7) is 20.0. The standard InChI is InChI=1S/C30H51N3O4/c1-11-14-19-31-26(34)25(23-17-15-22(12-2)16-18-23)33(30(9,10)13-3)27(35)24(20-21(4)5)32-28(36)37-29(6,7)8/h15-18,21,24-25H,11-14,19-20H2,1-10H3,(H,31,34)(H,32,36). The van der Waals surface area contributed by atoms with Crippen molar-refractivity contribution in [3.8, 4) is 0 Å². The van der Waals surface area contributed by atoms with Crippen LogP contribution in [0.3, 0.4) is 0 Å². The molecule has 1 rings (SSSR count). The van der Waals surface area contributed by atoms with Gasteiger partial charge < -0.3 is 20.3 Å². The second-order valence-electron chi connectivity index (χ2n) is 11.8. The number of alkyl carbamates (subject to hydrolysis) is 1. The van der Waals surface area contributed by atoms with Crippen molar-refractivity contribution in [1.29, 1.82) is 0 Å². The summed E-state index contributed by atoms with van der Waals surface area (Å²) in [5.74, 6) is -0.370. The molecule has 2 N–H and O–H groups in total. The summed E-state index contributed by atoms with van der Waals surface area (Å²) in [7, 11) is 0. The van der Waals surface area contributed by atoms with Crippen molar-refractivity contribution < 1.29 is 19.1 Å². The third kappa shape index (κ3) is 10.4. The van der Waals surface area contributed by atoms with Crippen LogP contribution in [0.15, 0.2) is 24.3 Å². The topological polar surface area (TPSA) is 87.7 Å². The second kappa shape index (κ2) is 14.4. The van der Waals surface area contributed by atoms with Gasteiger partial charge in [-0.25, -0.2) is 4.79 Å². The molecule has 0 spiro atoms. The molecule has 3 amide bonds. The molecule has 0 heterocycles. The summed E-state index contributed by atoms with van der Waals surface area (Å²) in [5, 5.41) is 5.86. The van der Waals surface area contributed by atoms with Crippen LogP contribution in [0.2, 0.25) is 0 Å². The average molecular weight is 518 g/mol. The molecule has 0 aromatic heterocycles. The minimum atomic E-state index is -0.833. The Balaban J connectivity index is 3.59. The number of benzene rings is 1. The number of hydrogen-bond acceptors (Lipinski definition) is 4. The molecule has 0 aliphatic rings. The fraction of sp³-hybridized carbons (Fsp3) is 0.700. The van der Waals surface area contributed by atoms with E-state index < -0.39 is 29.3 Å². The Morgan fingerprint density at radius 2 is 1.57 bits per heavy atom. The van der Waals surface area contributed by atoms with Crippen LogP contribution < -0.4 is 10.6 Å². The average Bonchev–Trinajstić information content (AvgIpc) is 2.80. The fourth-order valence-corrected chi connectivity index (χ4v) is 4.09. The molecule has 1 aromatic carbocycles. The highest BCUT2D eigenvalue weighted by Crippen LogP contribution is 2.33. The summed E-state index contributed by atoms with van der Waals surface area (Å²) in [6, 6.07) is 6.23. The Bertz CT molecular complexity index is 872. The minimum absolute atomic E-state index is 0.135. The van der Waals surface area contributed by atoms with Gasteiger partial charge in [0.25, 0.3) is 0 Å². The third-order valence-corrected chi connectivity index (χ3v) is 6.49. The molecule has 2 atom stereocenters. The highest BCUT2D eigenvalue weighted by Gasteiger charge is 2.43. The van der Waals surface area contributed by atoms with E-state index >= 15 is 0 Å². The van der Waals surface area contributed by atoms with Crippen LogP contribution in [-0.2, 0) is 20.7 Å². The Kier molecular flexibility index (Phi) is 12.6. The predicted molar refractivity (Wildman–Crippen MR) is 150 cm³/mol. The van der Waals surface area contributed by atoms with E-state index in [-0.39, 0.29) is 17.7 Å². The normalized spacial score (nSPS) is 13.6. The van der Waals surface area contributed by atoms with Crippen molar-refractivity contribution in [2.75, 3.05) is 6.54 Å². The van der Waals surface area contributed by atoms with Gasteiger partial charge in [-0.05, 0) is 77.3 Å². The van der Waals surface area contributed by atoms with Crippen LogP contribution in [0.25, 0.3) is 0 Å². The highest BCUT2D eigenvalue weighted by molar-refractivity contribution is 5.92. The van der Waals surface area contributed by atoms with Gasteiger partial charge in [0.1, 0.15) is 17.7 Å². The lowest BCUT2D eigenvalue weighted by molar-refractivity contribution is -0.149. The Morgan fingerprint density at radius 1 is 0.973 bits per heavy atom. The zero-order valence-electron chi connectivity index (χ0n) is 24.9. The van der Waals surface area contributed by atoms with Crippen molar-refractivity contribution in [3.05, 3.63) is 35.4 Å². The van der Waals surface area contributed by atoms with Gasteiger partial charge in [0, 0.05) is 12.1 Å². The molecule has 210 valence electrons. The van der Waals surface area contributed by atoms with Gasteiger partial charge in [0.2, 0.25) is 11.8 Å².